The van der Waals surface area contributed by atoms with E-state index in [-0.39, 0.29) is 38.0 Å². The lowest BCUT2D eigenvalue weighted by atomic mass is 9.68. The molecule has 2 aromatic rings. The number of hydrogen-bond acceptors (Lipinski definition) is 5. The molecule has 0 aromatic heterocycles. The highest BCUT2D eigenvalue weighted by molar-refractivity contribution is 6.33. The molecule has 0 atom stereocenters. The number of aliphatic hydroxyl groups excluding tert-OH is 2. The highest BCUT2D eigenvalue weighted by Gasteiger charge is 2.43. The molecule has 2 N–H and O–H groups in total. The van der Waals surface area contributed by atoms with Crippen LogP contribution in [0.15, 0.2) is 42.0 Å². The van der Waals surface area contributed by atoms with Crippen LogP contribution < -0.4 is 0 Å². The lowest BCUT2D eigenvalue weighted by Crippen LogP contribution is -2.36. The summed E-state index contributed by atoms with van der Waals surface area (Å²) in [6.07, 6.45) is 0.595. The van der Waals surface area contributed by atoms with E-state index in [2.05, 4.69) is 19.9 Å². The number of carbonyl (C=O) groups is 2. The molecule has 2 aromatic carbocycles. The van der Waals surface area contributed by atoms with Gasteiger partial charge in [-0.15, -0.1) is 0 Å². The first-order valence-electron chi connectivity index (χ1n) is 10.3. The standard InChI is InChI=1S/C25H24N2O4/c1-25(2)20-12-16(24(31)27(7-9-28)8-10-29)4-6-19(20)23(30)22-18-5-3-15(14-26)11-17(18)13-21(22)25/h3-6,11-12,28-29H,7-10,13H2,1-2H3. The van der Waals surface area contributed by atoms with E-state index in [9.17, 15) is 25.1 Å². The molecule has 0 aliphatic heterocycles. The molecule has 0 saturated heterocycles. The third kappa shape index (κ3) is 3.27. The maximum Gasteiger partial charge on any atom is 0.254 e. The van der Waals surface area contributed by atoms with Crippen LogP contribution in [0.3, 0.4) is 0 Å². The summed E-state index contributed by atoms with van der Waals surface area (Å²) in [4.78, 5) is 27.8. The van der Waals surface area contributed by atoms with Crippen LogP contribution >= 0.6 is 0 Å². The Balaban J connectivity index is 1.77. The molecule has 6 nitrogen and oxygen atoms in total. The molecule has 0 heterocycles. The zero-order valence-electron chi connectivity index (χ0n) is 17.6. The normalized spacial score (nSPS) is 15.8. The van der Waals surface area contributed by atoms with E-state index >= 15 is 0 Å². The minimum atomic E-state index is -0.473. The average molecular weight is 416 g/mol. The molecule has 2 aliphatic rings. The SMILES string of the molecule is CC1(C)C2=C(C(=O)c3ccc(C(=O)N(CCO)CCO)cc31)c1ccc(C#N)cc1C2. The summed E-state index contributed by atoms with van der Waals surface area (Å²) >= 11 is 0. The van der Waals surface area contributed by atoms with Crippen LogP contribution in [0.1, 0.15) is 56.8 Å². The van der Waals surface area contributed by atoms with E-state index in [1.807, 2.05) is 12.1 Å². The molecule has 158 valence electrons. The van der Waals surface area contributed by atoms with Gasteiger partial charge in [-0.1, -0.05) is 19.9 Å². The number of nitrogens with zero attached hydrogens (tertiary/aromatic N) is 2. The van der Waals surface area contributed by atoms with Crippen LogP contribution in [-0.4, -0.2) is 53.1 Å². The number of benzene rings is 2. The lowest BCUT2D eigenvalue weighted by Gasteiger charge is -2.35. The van der Waals surface area contributed by atoms with Crippen molar-refractivity contribution in [3.05, 3.63) is 75.4 Å². The molecule has 0 spiro atoms. The Morgan fingerprint density at radius 1 is 1.10 bits per heavy atom. The van der Waals surface area contributed by atoms with Gasteiger partial charge in [-0.2, -0.15) is 5.26 Å². The summed E-state index contributed by atoms with van der Waals surface area (Å²) in [5.41, 5.74) is 5.47. The smallest absolute Gasteiger partial charge is 0.254 e. The van der Waals surface area contributed by atoms with E-state index in [0.717, 1.165) is 22.3 Å². The number of allylic oxidation sites excluding steroid dienone is 2. The van der Waals surface area contributed by atoms with Gasteiger partial charge in [0.25, 0.3) is 5.91 Å². The molecule has 0 unspecified atom stereocenters. The fraction of sp³-hybridized carbons (Fsp3) is 0.320. The van der Waals surface area contributed by atoms with E-state index in [4.69, 9.17) is 0 Å². The first kappa shape index (κ1) is 21.0. The fourth-order valence-corrected chi connectivity index (χ4v) is 4.72. The number of rotatable bonds is 5. The quantitative estimate of drug-likeness (QED) is 0.780. The third-order valence-corrected chi connectivity index (χ3v) is 6.37. The zero-order chi connectivity index (χ0) is 22.3. The predicted octanol–water partition coefficient (Wildman–Crippen LogP) is 2.47. The van der Waals surface area contributed by atoms with Crippen molar-refractivity contribution in [3.63, 3.8) is 0 Å². The topological polar surface area (TPSA) is 102 Å². The average Bonchev–Trinajstić information content (AvgIpc) is 3.16. The summed E-state index contributed by atoms with van der Waals surface area (Å²) in [6.45, 7) is 3.98. The zero-order valence-corrected chi connectivity index (χ0v) is 17.6. The maximum atomic E-state index is 13.4. The van der Waals surface area contributed by atoms with Gasteiger partial charge in [0.2, 0.25) is 0 Å². The van der Waals surface area contributed by atoms with Crippen molar-refractivity contribution < 1.29 is 19.8 Å². The van der Waals surface area contributed by atoms with Gasteiger partial charge in [0, 0.05) is 35.2 Å². The van der Waals surface area contributed by atoms with Crippen molar-refractivity contribution in [3.8, 4) is 6.07 Å². The highest BCUT2D eigenvalue weighted by Crippen LogP contribution is 2.50. The second-order valence-electron chi connectivity index (χ2n) is 8.47. The van der Waals surface area contributed by atoms with Gasteiger partial charge in [0.05, 0.1) is 24.8 Å². The number of carbonyl (C=O) groups excluding carboxylic acids is 2. The van der Waals surface area contributed by atoms with Gasteiger partial charge >= 0.3 is 0 Å². The molecule has 1 amide bonds. The van der Waals surface area contributed by atoms with Crippen molar-refractivity contribution in [2.24, 2.45) is 0 Å². The monoisotopic (exact) mass is 416 g/mol. The Morgan fingerprint density at radius 3 is 2.42 bits per heavy atom. The molecule has 31 heavy (non-hydrogen) atoms. The Morgan fingerprint density at radius 2 is 1.77 bits per heavy atom. The van der Waals surface area contributed by atoms with Gasteiger partial charge in [-0.25, -0.2) is 0 Å². The first-order valence-corrected chi connectivity index (χ1v) is 10.3. The number of nitriles is 1. The predicted molar refractivity (Wildman–Crippen MR) is 116 cm³/mol. The maximum absolute atomic E-state index is 13.4. The number of fused-ring (bicyclic) bond motifs is 3. The highest BCUT2D eigenvalue weighted by atomic mass is 16.3. The minimum absolute atomic E-state index is 0.0608. The summed E-state index contributed by atoms with van der Waals surface area (Å²) in [7, 11) is 0. The molecule has 0 radical (unpaired) electrons. The third-order valence-electron chi connectivity index (χ3n) is 6.37. The van der Waals surface area contributed by atoms with Crippen molar-refractivity contribution in [1.82, 2.24) is 4.90 Å². The Kier molecular flexibility index (Phi) is 5.26. The Bertz CT molecular complexity index is 1160. The summed E-state index contributed by atoms with van der Waals surface area (Å²) in [6, 6.07) is 12.7. The lowest BCUT2D eigenvalue weighted by molar-refractivity contribution is 0.0684. The molecule has 0 saturated carbocycles. The second-order valence-corrected chi connectivity index (χ2v) is 8.47. The van der Waals surface area contributed by atoms with Crippen LogP contribution in [0.2, 0.25) is 0 Å². The number of amides is 1. The fourth-order valence-electron chi connectivity index (χ4n) is 4.72. The first-order chi connectivity index (χ1) is 14.8. The molecular weight excluding hydrogens is 392 g/mol. The van der Waals surface area contributed by atoms with Gasteiger partial charge in [-0.05, 0) is 59.0 Å². The molecule has 0 bridgehead atoms. The number of ketones is 1. The Labute approximate surface area is 181 Å². The molecule has 4 rings (SSSR count). The summed E-state index contributed by atoms with van der Waals surface area (Å²) in [5.74, 6) is -0.350. The van der Waals surface area contributed by atoms with Crippen LogP contribution in [0.5, 0.6) is 0 Å². The molecule has 2 aliphatic carbocycles. The number of aliphatic hydroxyl groups is 2. The second kappa shape index (κ2) is 7.77. The minimum Gasteiger partial charge on any atom is -0.395 e. The van der Waals surface area contributed by atoms with E-state index < -0.39 is 5.41 Å². The van der Waals surface area contributed by atoms with E-state index in [1.165, 1.54) is 4.90 Å². The van der Waals surface area contributed by atoms with E-state index in [0.29, 0.717) is 28.7 Å². The van der Waals surface area contributed by atoms with Gasteiger partial charge in [0.15, 0.2) is 5.78 Å². The van der Waals surface area contributed by atoms with Gasteiger partial charge < -0.3 is 15.1 Å². The van der Waals surface area contributed by atoms with Crippen LogP contribution in [-0.2, 0) is 11.8 Å². The van der Waals surface area contributed by atoms with Crippen molar-refractivity contribution in [2.45, 2.75) is 25.7 Å². The van der Waals surface area contributed by atoms with Crippen LogP contribution in [0.4, 0.5) is 0 Å². The molecule has 0 fully saturated rings. The van der Waals surface area contributed by atoms with Crippen LogP contribution in [0, 0.1) is 11.3 Å². The van der Waals surface area contributed by atoms with Gasteiger partial charge in [-0.3, -0.25) is 9.59 Å². The van der Waals surface area contributed by atoms with Crippen LogP contribution in [0.25, 0.3) is 5.57 Å². The van der Waals surface area contributed by atoms with Crippen molar-refractivity contribution >= 4 is 17.3 Å². The Hall–Kier alpha value is -3.27. The summed E-state index contributed by atoms with van der Waals surface area (Å²) < 4.78 is 0. The molecular formula is C25H24N2O4. The van der Waals surface area contributed by atoms with E-state index in [1.54, 1.807) is 24.3 Å². The van der Waals surface area contributed by atoms with Gasteiger partial charge in [0.1, 0.15) is 0 Å². The number of Topliss-reactive ketones (excluding diaryl/α,β-unsaturated/α-hetero) is 1. The summed E-state index contributed by atoms with van der Waals surface area (Å²) in [5, 5.41) is 27.7. The molecule has 6 heteroatoms. The largest absolute Gasteiger partial charge is 0.395 e. The van der Waals surface area contributed by atoms with Crippen molar-refractivity contribution in [1.29, 1.82) is 5.26 Å². The van der Waals surface area contributed by atoms with Crippen molar-refractivity contribution in [2.75, 3.05) is 26.3 Å². The number of hydrogen-bond donors (Lipinski definition) is 2.